The van der Waals surface area contributed by atoms with Gasteiger partial charge < -0.3 is 19.1 Å². The van der Waals surface area contributed by atoms with Crippen LogP contribution in [-0.2, 0) is 23.8 Å². The van der Waals surface area contributed by atoms with Crippen LogP contribution in [0.15, 0.2) is 0 Å². The van der Waals surface area contributed by atoms with E-state index < -0.39 is 24.3 Å². The average Bonchev–Trinajstić information content (AvgIpc) is 2.19. The lowest BCUT2D eigenvalue weighted by Gasteiger charge is -2.41. The molecule has 0 radical (unpaired) electrons. The summed E-state index contributed by atoms with van der Waals surface area (Å²) in [4.78, 5) is 24.2. The van der Waals surface area contributed by atoms with Gasteiger partial charge in [0.2, 0.25) is 6.29 Å². The summed E-state index contributed by atoms with van der Waals surface area (Å²) >= 11 is 0. The van der Waals surface area contributed by atoms with Crippen LogP contribution in [0.1, 0.15) is 27.2 Å². The summed E-state index contributed by atoms with van der Waals surface area (Å²) < 4.78 is 15.9. The van der Waals surface area contributed by atoms with E-state index in [1.807, 2.05) is 25.9 Å². The number of hydrogen-bond acceptors (Lipinski definition) is 6. The number of likely N-dealkylation sites (N-methyl/N-ethyl adjacent to an activating group) is 1. The third-order valence-electron chi connectivity index (χ3n) is 2.83. The van der Waals surface area contributed by atoms with Gasteiger partial charge in [0.15, 0.2) is 6.10 Å². The zero-order valence-electron chi connectivity index (χ0n) is 11.5. The molecule has 0 aromatic carbocycles. The minimum atomic E-state index is -0.845. The van der Waals surface area contributed by atoms with Crippen LogP contribution in [0.3, 0.4) is 0 Å². The molecule has 0 N–H and O–H groups in total. The number of esters is 2. The van der Waals surface area contributed by atoms with Crippen molar-refractivity contribution in [3.05, 3.63) is 0 Å². The first-order valence-corrected chi connectivity index (χ1v) is 5.97. The van der Waals surface area contributed by atoms with Crippen molar-refractivity contribution < 1.29 is 23.8 Å². The molecule has 1 aliphatic heterocycles. The van der Waals surface area contributed by atoms with Crippen molar-refractivity contribution in [2.75, 3.05) is 14.1 Å². The third-order valence-corrected chi connectivity index (χ3v) is 2.83. The molecule has 0 saturated carbocycles. The molecule has 18 heavy (non-hydrogen) atoms. The SMILES string of the molecule is CC(=O)OC1OC(C)C[C@H](N(C)C)[C@H]1OC(C)=O. The number of nitrogens with zero attached hydrogens (tertiary/aromatic N) is 1. The average molecular weight is 259 g/mol. The molecule has 1 aliphatic rings. The van der Waals surface area contributed by atoms with Gasteiger partial charge in [0.25, 0.3) is 0 Å². The standard InChI is InChI=1S/C12H21NO5/c1-7-6-10(13(4)5)11(17-8(2)14)12(16-7)18-9(3)15/h7,10-12H,6H2,1-5H3/t7?,10-,11+,12?/m0/s1. The number of rotatable bonds is 3. The first kappa shape index (κ1) is 14.9. The maximum atomic E-state index is 11.2. The van der Waals surface area contributed by atoms with Gasteiger partial charge in [0.05, 0.1) is 12.1 Å². The lowest BCUT2D eigenvalue weighted by Crippen LogP contribution is -2.56. The zero-order valence-corrected chi connectivity index (χ0v) is 11.5. The predicted molar refractivity (Wildman–Crippen MR) is 63.7 cm³/mol. The van der Waals surface area contributed by atoms with Crippen molar-refractivity contribution in [3.8, 4) is 0 Å². The Labute approximate surface area is 107 Å². The van der Waals surface area contributed by atoms with E-state index in [4.69, 9.17) is 14.2 Å². The van der Waals surface area contributed by atoms with E-state index in [9.17, 15) is 9.59 Å². The van der Waals surface area contributed by atoms with Gasteiger partial charge in [-0.15, -0.1) is 0 Å². The lowest BCUT2D eigenvalue weighted by molar-refractivity contribution is -0.251. The lowest BCUT2D eigenvalue weighted by atomic mass is 9.99. The Morgan fingerprint density at radius 2 is 1.72 bits per heavy atom. The van der Waals surface area contributed by atoms with Crippen molar-refractivity contribution in [3.63, 3.8) is 0 Å². The molecule has 1 rings (SSSR count). The van der Waals surface area contributed by atoms with Crippen LogP contribution >= 0.6 is 0 Å². The Bertz CT molecular complexity index is 318. The van der Waals surface area contributed by atoms with Gasteiger partial charge in [-0.1, -0.05) is 0 Å². The van der Waals surface area contributed by atoms with E-state index in [-0.39, 0.29) is 12.1 Å². The minimum Gasteiger partial charge on any atom is -0.454 e. The van der Waals surface area contributed by atoms with Gasteiger partial charge in [-0.25, -0.2) is 0 Å². The van der Waals surface area contributed by atoms with Gasteiger partial charge in [-0.05, 0) is 27.4 Å². The van der Waals surface area contributed by atoms with Crippen LogP contribution < -0.4 is 0 Å². The second-order valence-corrected chi connectivity index (χ2v) is 4.77. The molecule has 1 heterocycles. The number of carbonyl (C=O) groups is 2. The van der Waals surface area contributed by atoms with Crippen molar-refractivity contribution in [2.45, 2.75) is 51.7 Å². The Kier molecular flexibility index (Phi) is 5.10. The molecule has 0 aromatic heterocycles. The number of ether oxygens (including phenoxy) is 3. The van der Waals surface area contributed by atoms with E-state index in [1.165, 1.54) is 13.8 Å². The van der Waals surface area contributed by atoms with Crippen LogP contribution in [0, 0.1) is 0 Å². The Balaban J connectivity index is 2.87. The fraction of sp³-hybridized carbons (Fsp3) is 0.833. The van der Waals surface area contributed by atoms with E-state index in [0.29, 0.717) is 6.42 Å². The molecule has 6 nitrogen and oxygen atoms in total. The zero-order chi connectivity index (χ0) is 13.9. The van der Waals surface area contributed by atoms with Crippen LogP contribution in [-0.4, -0.2) is 55.5 Å². The maximum absolute atomic E-state index is 11.2. The van der Waals surface area contributed by atoms with Crippen LogP contribution in [0.2, 0.25) is 0 Å². The molecule has 1 fully saturated rings. The number of hydrogen-bond donors (Lipinski definition) is 0. The molecule has 4 atom stereocenters. The maximum Gasteiger partial charge on any atom is 0.305 e. The van der Waals surface area contributed by atoms with Crippen molar-refractivity contribution >= 4 is 11.9 Å². The molecule has 0 aliphatic carbocycles. The molecule has 0 bridgehead atoms. The summed E-state index contributed by atoms with van der Waals surface area (Å²) in [5, 5.41) is 0. The third kappa shape index (κ3) is 3.96. The summed E-state index contributed by atoms with van der Waals surface area (Å²) in [6.45, 7) is 4.53. The van der Waals surface area contributed by atoms with E-state index >= 15 is 0 Å². The Morgan fingerprint density at radius 1 is 1.17 bits per heavy atom. The van der Waals surface area contributed by atoms with Gasteiger partial charge in [-0.3, -0.25) is 9.59 Å². The van der Waals surface area contributed by atoms with Gasteiger partial charge in [0, 0.05) is 13.8 Å². The molecule has 1 saturated heterocycles. The summed E-state index contributed by atoms with van der Waals surface area (Å²) in [6, 6.07) is -0.0398. The smallest absolute Gasteiger partial charge is 0.305 e. The van der Waals surface area contributed by atoms with Crippen LogP contribution in [0.5, 0.6) is 0 Å². The van der Waals surface area contributed by atoms with Gasteiger partial charge in [-0.2, -0.15) is 0 Å². The highest BCUT2D eigenvalue weighted by molar-refractivity contribution is 5.67. The Morgan fingerprint density at radius 3 is 2.17 bits per heavy atom. The van der Waals surface area contributed by atoms with E-state index in [0.717, 1.165) is 0 Å². The molecule has 0 amide bonds. The quantitative estimate of drug-likeness (QED) is 0.689. The Hall–Kier alpha value is -1.14. The molecule has 6 heteroatoms. The molecule has 2 unspecified atom stereocenters. The van der Waals surface area contributed by atoms with Crippen LogP contribution in [0.25, 0.3) is 0 Å². The molecule has 0 spiro atoms. The molecule has 104 valence electrons. The largest absolute Gasteiger partial charge is 0.454 e. The first-order valence-electron chi connectivity index (χ1n) is 5.97. The normalized spacial score (nSPS) is 32.1. The van der Waals surface area contributed by atoms with Crippen molar-refractivity contribution in [1.82, 2.24) is 4.90 Å². The summed E-state index contributed by atoms with van der Waals surface area (Å²) in [5.41, 5.74) is 0. The second-order valence-electron chi connectivity index (χ2n) is 4.77. The summed E-state index contributed by atoms with van der Waals surface area (Å²) in [7, 11) is 3.79. The topological polar surface area (TPSA) is 65.1 Å². The van der Waals surface area contributed by atoms with Crippen molar-refractivity contribution in [1.29, 1.82) is 0 Å². The summed E-state index contributed by atoms with van der Waals surface area (Å²) in [6.07, 6.45) is -0.795. The fourth-order valence-corrected chi connectivity index (χ4v) is 2.11. The molecule has 0 aromatic rings. The second kappa shape index (κ2) is 6.15. The first-order chi connectivity index (χ1) is 8.31. The predicted octanol–water partition coefficient (Wildman–Crippen LogP) is 0.546. The minimum absolute atomic E-state index is 0.0398. The fourth-order valence-electron chi connectivity index (χ4n) is 2.11. The number of carbonyl (C=O) groups excluding carboxylic acids is 2. The summed E-state index contributed by atoms with van der Waals surface area (Å²) in [5.74, 6) is -0.870. The van der Waals surface area contributed by atoms with Gasteiger partial charge >= 0.3 is 11.9 Å². The monoisotopic (exact) mass is 259 g/mol. The highest BCUT2D eigenvalue weighted by atomic mass is 16.7. The van der Waals surface area contributed by atoms with E-state index in [1.54, 1.807) is 0 Å². The highest BCUT2D eigenvalue weighted by Gasteiger charge is 2.42. The highest BCUT2D eigenvalue weighted by Crippen LogP contribution is 2.26. The van der Waals surface area contributed by atoms with E-state index in [2.05, 4.69) is 0 Å². The van der Waals surface area contributed by atoms with Crippen LogP contribution in [0.4, 0.5) is 0 Å². The molecular weight excluding hydrogens is 238 g/mol. The van der Waals surface area contributed by atoms with Gasteiger partial charge in [0.1, 0.15) is 0 Å². The molecular formula is C12H21NO5. The van der Waals surface area contributed by atoms with Crippen molar-refractivity contribution in [2.24, 2.45) is 0 Å².